The number of amides is 8. The van der Waals surface area contributed by atoms with Crippen LogP contribution in [0.3, 0.4) is 0 Å². The fourth-order valence-corrected chi connectivity index (χ4v) is 17.5. The number of hydrogen-bond acceptors (Lipinski definition) is 22. The zero-order valence-corrected chi connectivity index (χ0v) is 74.9. The van der Waals surface area contributed by atoms with Gasteiger partial charge in [0.05, 0.1) is 74.5 Å². The van der Waals surface area contributed by atoms with Crippen molar-refractivity contribution in [1.82, 2.24) is 52.1 Å². The Kier molecular flexibility index (Phi) is 37.4. The van der Waals surface area contributed by atoms with E-state index in [4.69, 9.17) is 0 Å². The summed E-state index contributed by atoms with van der Waals surface area (Å²) in [6.07, 6.45) is 5.40. The highest BCUT2D eigenvalue weighted by Crippen LogP contribution is 2.52. The predicted octanol–water partition coefficient (Wildman–Crippen LogP) is 5.25. The molecule has 46 heteroatoms. The Labute approximate surface area is 738 Å². The largest absolute Gasteiger partial charge is 0.744 e. The van der Waals surface area contributed by atoms with E-state index >= 15 is 0 Å². The summed E-state index contributed by atoms with van der Waals surface area (Å²) in [6.45, 7) is 11.0. The first-order valence-corrected chi connectivity index (χ1v) is 44.4. The molecule has 0 bridgehead atoms. The van der Waals surface area contributed by atoms with Crippen LogP contribution in [0.1, 0.15) is 161 Å². The minimum absolute atomic E-state index is 0.0294. The van der Waals surface area contributed by atoms with Crippen LogP contribution < -0.4 is 47.4 Å². The van der Waals surface area contributed by atoms with Crippen LogP contribution in [0, 0.1) is 0 Å². The number of anilines is 1. The molecule has 2 aliphatic rings. The third-order valence-electron chi connectivity index (χ3n) is 20.2. The van der Waals surface area contributed by atoms with Crippen molar-refractivity contribution < 1.29 is 138 Å². The number of unbranched alkanes of at least 4 members (excludes halogenated alkanes) is 5. The maximum absolute atomic E-state index is 13.8. The Morgan fingerprint density at radius 3 is 1.43 bits per heavy atom. The van der Waals surface area contributed by atoms with E-state index < -0.39 is 201 Å². The predicted molar refractivity (Wildman–Crippen MR) is 450 cm³/mol. The molecule has 1 unspecified atom stereocenters. The van der Waals surface area contributed by atoms with E-state index in [1.807, 2.05) is 87.4 Å². The van der Waals surface area contributed by atoms with Crippen molar-refractivity contribution in [2.24, 2.45) is 0 Å². The number of fused-ring (bicyclic) bond motifs is 3. The van der Waals surface area contributed by atoms with Crippen LogP contribution in [-0.2, 0) is 110 Å². The number of carboxylic acids is 7. The molecule has 0 saturated heterocycles. The van der Waals surface area contributed by atoms with E-state index in [9.17, 15) is 134 Å². The van der Waals surface area contributed by atoms with Gasteiger partial charge in [-0.15, -0.1) is 0 Å². The summed E-state index contributed by atoms with van der Waals surface area (Å²) in [5, 5.41) is 85.0. The van der Waals surface area contributed by atoms with Crippen molar-refractivity contribution in [1.29, 1.82) is 0 Å². The Balaban J connectivity index is 1.03. The number of carboxylic acid groups (broad SMARTS) is 7. The number of carbonyl (C=O) groups excluding carboxylic acids is 8. The molecule has 2 aliphatic heterocycles. The van der Waals surface area contributed by atoms with Crippen LogP contribution in [0.2, 0.25) is 0 Å². The lowest BCUT2D eigenvalue weighted by Gasteiger charge is -2.30. The summed E-state index contributed by atoms with van der Waals surface area (Å²) in [6, 6.07) is -7.07. The molecule has 3 aromatic carbocycles. The van der Waals surface area contributed by atoms with Crippen LogP contribution in [0.25, 0.3) is 11.0 Å². The van der Waals surface area contributed by atoms with Crippen LogP contribution >= 0.6 is 63.7 Å². The smallest absolute Gasteiger partial charge is 0.326 e. The zero-order valence-electron chi connectivity index (χ0n) is 66.9. The number of rotatable bonds is 50. The second-order valence-corrected chi connectivity index (χ2v) is 35.4. The third-order valence-corrected chi connectivity index (χ3v) is 26.6. The number of likely N-dealkylation sites (N-methyl/N-ethyl adjacent to an activating group) is 1. The molecule has 0 fully saturated rings. The molecule has 0 spiro atoms. The number of aromatic nitrogens is 2. The Hall–Kier alpha value is -10.4. The van der Waals surface area contributed by atoms with E-state index in [1.165, 1.54) is 24.3 Å². The fraction of sp³-hybridized carbons (Fsp3) is 0.468. The minimum Gasteiger partial charge on any atom is -0.744 e. The molecule has 1 aromatic heterocycles. The summed E-state index contributed by atoms with van der Waals surface area (Å²) in [4.78, 5) is 200. The maximum atomic E-state index is 13.8. The van der Waals surface area contributed by atoms with E-state index in [2.05, 4.69) is 84.7 Å². The van der Waals surface area contributed by atoms with E-state index in [0.717, 1.165) is 53.2 Å². The first kappa shape index (κ1) is 101. The number of nitrogens with zero attached hydrogens (tertiary/aromatic N) is 4. The van der Waals surface area contributed by atoms with Gasteiger partial charge in [0.1, 0.15) is 64.5 Å². The molecule has 670 valence electrons. The number of halogens is 4. The van der Waals surface area contributed by atoms with Crippen molar-refractivity contribution >= 4 is 201 Å². The van der Waals surface area contributed by atoms with Crippen LogP contribution in [0.5, 0.6) is 0 Å². The summed E-state index contributed by atoms with van der Waals surface area (Å²) in [5.41, 5.74) is 4.01. The molecular formula is C77H94Br4N12O28S2. The quantitative estimate of drug-likeness (QED) is 0.00670. The number of hydrogen-bond donors (Lipinski definition) is 16. The molecule has 3 heterocycles. The van der Waals surface area contributed by atoms with Crippen molar-refractivity contribution in [3.05, 3.63) is 108 Å². The monoisotopic (exact) mass is 2010 g/mol. The van der Waals surface area contributed by atoms with Gasteiger partial charge in [0.2, 0.25) is 52.9 Å². The molecule has 123 heavy (non-hydrogen) atoms. The first-order valence-electron chi connectivity index (χ1n) is 38.3. The second kappa shape index (κ2) is 45.3. The average molecular weight is 2020 g/mol. The lowest BCUT2D eigenvalue weighted by atomic mass is 9.77. The minimum atomic E-state index is -4.73. The molecule has 0 aliphatic carbocycles. The molecule has 8 atom stereocenters. The lowest BCUT2D eigenvalue weighted by molar-refractivity contribution is -0.433. The molecule has 0 radical (unpaired) electrons. The van der Waals surface area contributed by atoms with Gasteiger partial charge in [-0.2, -0.15) is 13.0 Å². The highest BCUT2D eigenvalue weighted by Gasteiger charge is 2.46. The van der Waals surface area contributed by atoms with Gasteiger partial charge in [0, 0.05) is 75.9 Å². The molecule has 40 nitrogen and oxygen atoms in total. The van der Waals surface area contributed by atoms with Crippen molar-refractivity contribution in [2.45, 2.75) is 220 Å². The van der Waals surface area contributed by atoms with Crippen LogP contribution in [0.4, 0.5) is 11.4 Å². The molecule has 0 saturated carbocycles. The van der Waals surface area contributed by atoms with Crippen LogP contribution in [-0.4, -0.2) is 232 Å². The summed E-state index contributed by atoms with van der Waals surface area (Å²) >= 11 is 14.2. The number of allylic oxidation sites excluding steroid dienone is 6. The SMILES string of the molecule is CCN1/C(=C/C=C/C=C/C2=[N+](CC)c3ccc(S(=O)(=O)[O-])cc3C2(C)C)C(C)(CCCC(=O)NCCCC[C@H](NC(=O)[C@H](CC(=O)O)NC(=O)[C@H](CC(=O)O)NC(=O)[C@H](CC(=O)O)NC(=O)[C@H](CC(=O)O)NC(=O)[C@H](CC(=O)O)NC(=O)[C@@H](CC(=O)O)NC(=O)CCCCCCCn2cnc3c(Br)c(Br)c(Br)c(Br)c32)C(=O)O)c2cc(S(=O)(=O)O)ccc21. The summed E-state index contributed by atoms with van der Waals surface area (Å²) in [7, 11) is -9.41. The average Bonchev–Trinajstić information content (AvgIpc) is 1.59. The van der Waals surface area contributed by atoms with Crippen LogP contribution in [0.15, 0.2) is 106 Å². The molecule has 6 rings (SSSR count). The summed E-state index contributed by atoms with van der Waals surface area (Å²) in [5.74, 6) is -23.5. The van der Waals surface area contributed by atoms with Gasteiger partial charge in [0.15, 0.2) is 5.71 Å². The normalized spacial score (nSPS) is 16.3. The van der Waals surface area contributed by atoms with Gasteiger partial charge in [-0.1, -0.05) is 37.5 Å². The van der Waals surface area contributed by atoms with Gasteiger partial charge >= 0.3 is 41.8 Å². The Morgan fingerprint density at radius 2 is 0.967 bits per heavy atom. The van der Waals surface area contributed by atoms with Gasteiger partial charge in [-0.25, -0.2) is 18.2 Å². The van der Waals surface area contributed by atoms with Gasteiger partial charge in [-0.05, 0) is 185 Å². The number of aryl methyl sites for hydroxylation is 1. The number of benzene rings is 3. The van der Waals surface area contributed by atoms with E-state index in [-0.39, 0.29) is 67.7 Å². The number of imidazole rings is 1. The Morgan fingerprint density at radius 1 is 0.520 bits per heavy atom. The standard InChI is InChI=1S/C77H94Br4N12O28S2/c1-6-92-51-26-24-40(122(116,117)118)31-42(51)76(3,4)53(92)20-12-11-13-21-54-77(5,43-32-41(123(119,120)121)25-27-52(43)93(54)7-2)28-18-23-55(94)82-29-16-15-19-44(75(114)115)85-70(109)46(34-58(98)99)87-72(111)48(36-60(102)103)89-74(113)50(38-62(106)107)90-73(112)49(37-61(104)105)88-71(110)47(35-59(100)101)86-69(108)45(33-57(96)97)84-56(95)22-14-9-8-10-17-30-91-39-83-67-65(80)63(78)64(79)66(81)68(67)91/h11-13,20-21,24-27,31-32,39,44-50H,6-10,14-19,22-23,28-30,33-38H2,1-5H3,(H16-,82,84,85,86,87,88,89,90,94,95,96,97,98,99,100,101,102,103,104,105,106,107,108,109,110,111,112,113,114,115,116,117,118,119,120,121)/t44-,45+,46-,47-,48-,49-,50-,77?/m0/s1. The van der Waals surface area contributed by atoms with E-state index in [0.29, 0.717) is 55.0 Å². The molecule has 8 amide bonds. The van der Waals surface area contributed by atoms with Gasteiger partial charge < -0.3 is 92.3 Å². The molecule has 16 N–H and O–H groups in total. The number of carbonyl (C=O) groups is 15. The third kappa shape index (κ3) is 28.3. The number of nitrogens with one attached hydrogen (secondary N) is 8. The second-order valence-electron chi connectivity index (χ2n) is 29.4. The maximum Gasteiger partial charge on any atom is 0.326 e. The number of aliphatic carboxylic acids is 7. The zero-order chi connectivity index (χ0) is 91.9. The molecular weight excluding hydrogens is 1920 g/mol. The van der Waals surface area contributed by atoms with Crippen molar-refractivity contribution in [3.63, 3.8) is 0 Å². The molecule has 4 aromatic rings. The Bertz CT molecular complexity index is 5150. The van der Waals surface area contributed by atoms with Gasteiger partial charge in [-0.3, -0.25) is 71.7 Å². The summed E-state index contributed by atoms with van der Waals surface area (Å²) < 4.78 is 77.9. The van der Waals surface area contributed by atoms with Crippen molar-refractivity contribution in [2.75, 3.05) is 24.5 Å². The highest BCUT2D eigenvalue weighted by molar-refractivity contribution is 9.15. The van der Waals surface area contributed by atoms with Crippen molar-refractivity contribution in [3.8, 4) is 0 Å². The fourth-order valence-electron chi connectivity index (χ4n) is 14.1. The van der Waals surface area contributed by atoms with Gasteiger partial charge in [0.25, 0.3) is 10.1 Å². The lowest BCUT2D eigenvalue weighted by Crippen LogP contribution is -2.61. The van der Waals surface area contributed by atoms with E-state index in [1.54, 1.807) is 36.7 Å². The topological polar surface area (TPSA) is 630 Å². The highest BCUT2D eigenvalue weighted by atomic mass is 79.9. The first-order chi connectivity index (χ1) is 57.5.